The Morgan fingerprint density at radius 1 is 1.04 bits per heavy atom. The maximum absolute atomic E-state index is 10.9. The third-order valence-corrected chi connectivity index (χ3v) is 4.77. The number of thiol groups is 1. The topological polar surface area (TPSA) is 83.3 Å². The molecule has 3 aromatic rings. The Morgan fingerprint density at radius 3 is 2.25 bits per heavy atom. The number of nitrogens with zero attached hydrogens (tertiary/aromatic N) is 3. The van der Waals surface area contributed by atoms with Crippen molar-refractivity contribution in [3.63, 3.8) is 0 Å². The lowest BCUT2D eigenvalue weighted by atomic mass is 10.1. The van der Waals surface area contributed by atoms with E-state index in [1.54, 1.807) is 23.0 Å². The molecule has 148 valence electrons. The molecule has 1 aromatic carbocycles. The molecule has 0 saturated heterocycles. The van der Waals surface area contributed by atoms with E-state index in [4.69, 9.17) is 21.1 Å². The van der Waals surface area contributed by atoms with Gasteiger partial charge in [0.05, 0.1) is 24.7 Å². The SMILES string of the molecule is CCOc1cc(OCC)cc(-c2c(Cl)ncn2-c2ccc(C[SH](=O)=O)cn2)c1. The molecule has 28 heavy (non-hydrogen) atoms. The number of pyridine rings is 1. The largest absolute Gasteiger partial charge is 0.494 e. The van der Waals surface area contributed by atoms with Crippen LogP contribution in [0.3, 0.4) is 0 Å². The molecule has 0 amide bonds. The van der Waals surface area contributed by atoms with Crippen LogP contribution in [-0.4, -0.2) is 36.2 Å². The van der Waals surface area contributed by atoms with E-state index in [1.807, 2.05) is 32.0 Å². The van der Waals surface area contributed by atoms with E-state index >= 15 is 0 Å². The van der Waals surface area contributed by atoms with Gasteiger partial charge in [0.1, 0.15) is 34.3 Å². The Hall–Kier alpha value is -2.58. The van der Waals surface area contributed by atoms with Crippen LogP contribution in [0.5, 0.6) is 11.5 Å². The molecular weight excluding hydrogens is 402 g/mol. The number of imidazole rings is 1. The lowest BCUT2D eigenvalue weighted by molar-refractivity contribution is 0.323. The third-order valence-electron chi connectivity index (χ3n) is 3.87. The van der Waals surface area contributed by atoms with Crippen LogP contribution in [0.15, 0.2) is 42.9 Å². The van der Waals surface area contributed by atoms with Crippen molar-refractivity contribution in [3.8, 4) is 28.6 Å². The molecular formula is C19H20ClN3O4S. The van der Waals surface area contributed by atoms with Gasteiger partial charge in [0, 0.05) is 17.8 Å². The Bertz CT molecular complexity index is 1000. The van der Waals surface area contributed by atoms with E-state index in [0.29, 0.717) is 46.9 Å². The summed E-state index contributed by atoms with van der Waals surface area (Å²) in [6.45, 7) is 4.86. The van der Waals surface area contributed by atoms with Crippen molar-refractivity contribution in [1.82, 2.24) is 14.5 Å². The summed E-state index contributed by atoms with van der Waals surface area (Å²) in [5, 5.41) is 0.310. The molecule has 0 radical (unpaired) electrons. The van der Waals surface area contributed by atoms with E-state index in [9.17, 15) is 8.42 Å². The van der Waals surface area contributed by atoms with Gasteiger partial charge in [-0.2, -0.15) is 0 Å². The summed E-state index contributed by atoms with van der Waals surface area (Å²) in [6.07, 6.45) is 3.10. The zero-order valence-corrected chi connectivity index (χ0v) is 17.1. The van der Waals surface area contributed by atoms with Crippen molar-refractivity contribution in [2.45, 2.75) is 19.6 Å². The van der Waals surface area contributed by atoms with Gasteiger partial charge < -0.3 is 9.47 Å². The highest BCUT2D eigenvalue weighted by Gasteiger charge is 2.16. The molecule has 0 atom stereocenters. The number of ether oxygens (including phenoxy) is 2. The van der Waals surface area contributed by atoms with E-state index in [2.05, 4.69) is 9.97 Å². The highest BCUT2D eigenvalue weighted by molar-refractivity contribution is 7.71. The maximum atomic E-state index is 10.9. The minimum atomic E-state index is -2.50. The van der Waals surface area contributed by atoms with Crippen molar-refractivity contribution in [3.05, 3.63) is 53.6 Å². The Morgan fingerprint density at radius 2 is 1.71 bits per heavy atom. The van der Waals surface area contributed by atoms with Gasteiger partial charge in [-0.05, 0) is 37.6 Å². The van der Waals surface area contributed by atoms with Crippen molar-refractivity contribution >= 4 is 22.3 Å². The number of rotatable bonds is 8. The van der Waals surface area contributed by atoms with Gasteiger partial charge in [0.15, 0.2) is 5.15 Å². The van der Waals surface area contributed by atoms with Gasteiger partial charge >= 0.3 is 0 Å². The van der Waals surface area contributed by atoms with Crippen LogP contribution in [0.25, 0.3) is 17.1 Å². The van der Waals surface area contributed by atoms with Crippen LogP contribution in [-0.2, 0) is 16.5 Å². The van der Waals surface area contributed by atoms with E-state index in [-0.39, 0.29) is 5.75 Å². The van der Waals surface area contributed by atoms with Crippen molar-refractivity contribution in [2.75, 3.05) is 13.2 Å². The van der Waals surface area contributed by atoms with Crippen LogP contribution >= 0.6 is 11.6 Å². The monoisotopic (exact) mass is 421 g/mol. The first-order valence-electron chi connectivity index (χ1n) is 8.72. The van der Waals surface area contributed by atoms with Gasteiger partial charge in [0.2, 0.25) is 0 Å². The lowest BCUT2D eigenvalue weighted by Gasteiger charge is -2.13. The van der Waals surface area contributed by atoms with Gasteiger partial charge in [-0.1, -0.05) is 17.7 Å². The molecule has 0 spiro atoms. The summed E-state index contributed by atoms with van der Waals surface area (Å²) in [7, 11) is -2.50. The zero-order chi connectivity index (χ0) is 20.1. The number of halogens is 1. The van der Waals surface area contributed by atoms with Crippen LogP contribution < -0.4 is 9.47 Å². The second kappa shape index (κ2) is 9.07. The quantitative estimate of drug-likeness (QED) is 0.560. The molecule has 0 unspecified atom stereocenters. The number of benzene rings is 1. The van der Waals surface area contributed by atoms with Gasteiger partial charge in [0.25, 0.3) is 0 Å². The Balaban J connectivity index is 2.05. The Labute approximate surface area is 169 Å². The molecule has 0 aliphatic rings. The fourth-order valence-corrected chi connectivity index (χ4v) is 3.50. The maximum Gasteiger partial charge on any atom is 0.155 e. The van der Waals surface area contributed by atoms with E-state index in [0.717, 1.165) is 5.56 Å². The van der Waals surface area contributed by atoms with Crippen molar-refractivity contribution < 1.29 is 17.9 Å². The summed E-state index contributed by atoms with van der Waals surface area (Å²) in [6, 6.07) is 8.99. The van der Waals surface area contributed by atoms with E-state index in [1.165, 1.54) is 6.20 Å². The summed E-state index contributed by atoms with van der Waals surface area (Å²) >= 11 is 6.37. The first-order chi connectivity index (χ1) is 13.5. The summed E-state index contributed by atoms with van der Waals surface area (Å²) < 4.78 is 34.8. The minimum Gasteiger partial charge on any atom is -0.494 e. The molecule has 7 nitrogen and oxygen atoms in total. The predicted octanol–water partition coefficient (Wildman–Crippen LogP) is 3.50. The summed E-state index contributed by atoms with van der Waals surface area (Å²) in [5.74, 6) is 1.84. The molecule has 0 aliphatic heterocycles. The number of hydrogen-bond acceptors (Lipinski definition) is 6. The van der Waals surface area contributed by atoms with Crippen LogP contribution in [0.1, 0.15) is 19.4 Å². The van der Waals surface area contributed by atoms with Gasteiger partial charge in [-0.25, -0.2) is 18.4 Å². The third kappa shape index (κ3) is 4.63. The smallest absolute Gasteiger partial charge is 0.155 e. The average molecular weight is 422 g/mol. The standard InChI is InChI=1S/C19H20ClN3O4S/c1-3-26-15-7-14(8-16(9-15)27-4-2)18-19(20)22-12-23(18)17-6-5-13(10-21-17)11-28(24)25/h5-10,12,28H,3-4,11H2,1-2H3. The van der Waals surface area contributed by atoms with Crippen molar-refractivity contribution in [2.24, 2.45) is 0 Å². The van der Waals surface area contributed by atoms with Crippen LogP contribution in [0.2, 0.25) is 5.15 Å². The molecule has 9 heteroatoms. The highest BCUT2D eigenvalue weighted by atomic mass is 35.5. The minimum absolute atomic E-state index is 0.0473. The summed E-state index contributed by atoms with van der Waals surface area (Å²) in [5.41, 5.74) is 2.02. The Kier molecular flexibility index (Phi) is 6.53. The van der Waals surface area contributed by atoms with Gasteiger partial charge in [-0.15, -0.1) is 0 Å². The molecule has 2 aromatic heterocycles. The highest BCUT2D eigenvalue weighted by Crippen LogP contribution is 2.34. The van der Waals surface area contributed by atoms with Crippen LogP contribution in [0.4, 0.5) is 0 Å². The molecule has 0 aliphatic carbocycles. The van der Waals surface area contributed by atoms with Crippen molar-refractivity contribution in [1.29, 1.82) is 0 Å². The molecule has 0 saturated carbocycles. The second-order valence-electron chi connectivity index (χ2n) is 5.83. The fraction of sp³-hybridized carbons (Fsp3) is 0.263. The molecule has 0 N–H and O–H groups in total. The molecule has 3 rings (SSSR count). The van der Waals surface area contributed by atoms with Crippen LogP contribution in [0, 0.1) is 0 Å². The lowest BCUT2D eigenvalue weighted by Crippen LogP contribution is -2.01. The fourth-order valence-electron chi connectivity index (χ4n) is 2.77. The van der Waals surface area contributed by atoms with E-state index < -0.39 is 10.7 Å². The van der Waals surface area contributed by atoms with Gasteiger partial charge in [-0.3, -0.25) is 4.57 Å². The first-order valence-corrected chi connectivity index (χ1v) is 10.5. The number of aromatic nitrogens is 3. The molecule has 2 heterocycles. The molecule has 0 fully saturated rings. The number of hydrogen-bond donors (Lipinski definition) is 1. The predicted molar refractivity (Wildman–Crippen MR) is 108 cm³/mol. The molecule has 0 bridgehead atoms. The normalized spacial score (nSPS) is 11.0. The zero-order valence-electron chi connectivity index (χ0n) is 15.5. The first kappa shape index (κ1) is 20.2. The summed E-state index contributed by atoms with van der Waals surface area (Å²) in [4.78, 5) is 8.55. The average Bonchev–Trinajstić information content (AvgIpc) is 3.04. The second-order valence-corrected chi connectivity index (χ2v) is 7.17.